The van der Waals surface area contributed by atoms with Crippen molar-refractivity contribution in [2.75, 3.05) is 6.79 Å². The number of fused-ring (bicyclic) bond motifs is 1. The van der Waals surface area contributed by atoms with Gasteiger partial charge in [-0.25, -0.2) is 0 Å². The lowest BCUT2D eigenvalue weighted by Gasteiger charge is -2.01. The Balaban J connectivity index is 1.99. The van der Waals surface area contributed by atoms with Crippen LogP contribution in [0.1, 0.15) is 18.4 Å². The lowest BCUT2D eigenvalue weighted by atomic mass is 10.1. The summed E-state index contributed by atoms with van der Waals surface area (Å²) in [7, 11) is 0. The number of ether oxygens (including phenoxy) is 2. The Kier molecular flexibility index (Phi) is 3.19. The second-order valence-corrected chi connectivity index (χ2v) is 3.61. The van der Waals surface area contributed by atoms with Gasteiger partial charge < -0.3 is 14.3 Å². The van der Waals surface area contributed by atoms with E-state index in [1.807, 2.05) is 6.07 Å². The van der Waals surface area contributed by atoms with Crippen LogP contribution >= 0.6 is 0 Å². The summed E-state index contributed by atoms with van der Waals surface area (Å²) in [5, 5.41) is 0. The molecule has 1 heterocycles. The largest absolute Gasteiger partial charge is 0.454 e. The first-order valence-corrected chi connectivity index (χ1v) is 5.13. The van der Waals surface area contributed by atoms with E-state index in [9.17, 15) is 9.59 Å². The monoisotopic (exact) mass is 220 g/mol. The van der Waals surface area contributed by atoms with E-state index >= 15 is 0 Å². The molecule has 1 aromatic carbocycles. The highest BCUT2D eigenvalue weighted by molar-refractivity contribution is 5.82. The number of benzene rings is 1. The molecule has 4 nitrogen and oxygen atoms in total. The van der Waals surface area contributed by atoms with Gasteiger partial charge in [0, 0.05) is 19.3 Å². The van der Waals surface area contributed by atoms with E-state index in [4.69, 9.17) is 9.47 Å². The van der Waals surface area contributed by atoms with E-state index in [2.05, 4.69) is 0 Å². The summed E-state index contributed by atoms with van der Waals surface area (Å²) in [5.41, 5.74) is 0.889. The van der Waals surface area contributed by atoms with E-state index in [-0.39, 0.29) is 12.6 Å². The molecule has 2 rings (SSSR count). The second-order valence-electron chi connectivity index (χ2n) is 3.61. The van der Waals surface area contributed by atoms with Crippen molar-refractivity contribution in [3.63, 3.8) is 0 Å². The fraction of sp³-hybridized carbons (Fsp3) is 0.333. The minimum atomic E-state index is 0.0611. The van der Waals surface area contributed by atoms with Crippen molar-refractivity contribution < 1.29 is 19.1 Å². The number of aldehydes is 1. The lowest BCUT2D eigenvalue weighted by Crippen LogP contribution is -2.02. The lowest BCUT2D eigenvalue weighted by molar-refractivity contribution is -0.120. The predicted octanol–water partition coefficient (Wildman–Crippen LogP) is 1.51. The van der Waals surface area contributed by atoms with Crippen LogP contribution in [0, 0.1) is 0 Å². The highest BCUT2D eigenvalue weighted by atomic mass is 16.7. The van der Waals surface area contributed by atoms with Crippen LogP contribution in [0.5, 0.6) is 11.5 Å². The average molecular weight is 220 g/mol. The number of Topliss-reactive ketones (excluding diaryl/α,β-unsaturated/α-hetero) is 1. The van der Waals surface area contributed by atoms with Gasteiger partial charge in [-0.15, -0.1) is 0 Å². The molecule has 0 spiro atoms. The normalized spacial score (nSPS) is 12.5. The van der Waals surface area contributed by atoms with Gasteiger partial charge in [-0.1, -0.05) is 6.07 Å². The van der Waals surface area contributed by atoms with Gasteiger partial charge in [0.05, 0.1) is 0 Å². The molecule has 1 aromatic rings. The number of carbonyl (C=O) groups excluding carboxylic acids is 2. The molecule has 4 heteroatoms. The molecule has 0 aliphatic carbocycles. The number of hydrogen-bond donors (Lipinski definition) is 0. The van der Waals surface area contributed by atoms with Crippen LogP contribution in [0.4, 0.5) is 0 Å². The zero-order valence-electron chi connectivity index (χ0n) is 8.77. The Bertz CT molecular complexity index is 411. The van der Waals surface area contributed by atoms with Gasteiger partial charge in [-0.05, 0) is 17.7 Å². The third-order valence-electron chi connectivity index (χ3n) is 2.38. The van der Waals surface area contributed by atoms with Crippen molar-refractivity contribution in [1.82, 2.24) is 0 Å². The van der Waals surface area contributed by atoms with Crippen LogP contribution in [-0.4, -0.2) is 18.9 Å². The number of ketones is 1. The molecular formula is C12H12O4. The van der Waals surface area contributed by atoms with Crippen LogP contribution in [0.15, 0.2) is 18.2 Å². The molecule has 0 fully saturated rings. The summed E-state index contributed by atoms with van der Waals surface area (Å²) in [4.78, 5) is 21.6. The van der Waals surface area contributed by atoms with Crippen LogP contribution in [-0.2, 0) is 16.0 Å². The summed E-state index contributed by atoms with van der Waals surface area (Å²) in [6.45, 7) is 0.234. The van der Waals surface area contributed by atoms with Gasteiger partial charge in [0.25, 0.3) is 0 Å². The van der Waals surface area contributed by atoms with E-state index in [1.54, 1.807) is 12.1 Å². The molecule has 0 saturated heterocycles. The van der Waals surface area contributed by atoms with Crippen molar-refractivity contribution in [2.45, 2.75) is 19.3 Å². The Labute approximate surface area is 93.2 Å². The number of carbonyl (C=O) groups is 2. The summed E-state index contributed by atoms with van der Waals surface area (Å²) in [5.74, 6) is 1.45. The van der Waals surface area contributed by atoms with Gasteiger partial charge in [-0.2, -0.15) is 0 Å². The molecule has 0 aromatic heterocycles. The Hall–Kier alpha value is -1.84. The average Bonchev–Trinajstić information content (AvgIpc) is 2.73. The summed E-state index contributed by atoms with van der Waals surface area (Å²) in [6.07, 6.45) is 1.70. The maximum atomic E-state index is 11.4. The van der Waals surface area contributed by atoms with Crippen molar-refractivity contribution >= 4 is 12.1 Å². The van der Waals surface area contributed by atoms with Crippen molar-refractivity contribution in [1.29, 1.82) is 0 Å². The molecule has 0 bridgehead atoms. The fourth-order valence-electron chi connectivity index (χ4n) is 1.59. The topological polar surface area (TPSA) is 52.6 Å². The molecule has 84 valence electrons. The molecule has 16 heavy (non-hydrogen) atoms. The zero-order valence-corrected chi connectivity index (χ0v) is 8.77. The highest BCUT2D eigenvalue weighted by Crippen LogP contribution is 2.32. The highest BCUT2D eigenvalue weighted by Gasteiger charge is 2.14. The van der Waals surface area contributed by atoms with Crippen LogP contribution in [0.25, 0.3) is 0 Å². The minimum absolute atomic E-state index is 0.0611. The van der Waals surface area contributed by atoms with E-state index < -0.39 is 0 Å². The molecule has 0 radical (unpaired) electrons. The summed E-state index contributed by atoms with van der Waals surface area (Å²) in [6, 6.07) is 5.44. The standard InChI is InChI=1S/C12H12O4/c13-5-1-2-10(14)6-9-3-4-11-12(7-9)16-8-15-11/h3-5,7H,1-2,6,8H2. The van der Waals surface area contributed by atoms with Gasteiger partial charge in [0.1, 0.15) is 12.1 Å². The molecule has 0 amide bonds. The SMILES string of the molecule is O=CCCC(=O)Cc1ccc2c(c1)OCO2. The number of rotatable bonds is 5. The van der Waals surface area contributed by atoms with Crippen molar-refractivity contribution in [3.8, 4) is 11.5 Å². The zero-order chi connectivity index (χ0) is 11.4. The van der Waals surface area contributed by atoms with Crippen molar-refractivity contribution in [2.24, 2.45) is 0 Å². The first-order chi connectivity index (χ1) is 7.79. The molecular weight excluding hydrogens is 208 g/mol. The first-order valence-electron chi connectivity index (χ1n) is 5.13. The fourth-order valence-corrected chi connectivity index (χ4v) is 1.59. The third kappa shape index (κ3) is 2.39. The molecule has 0 N–H and O–H groups in total. The van der Waals surface area contributed by atoms with Crippen LogP contribution in [0.2, 0.25) is 0 Å². The minimum Gasteiger partial charge on any atom is -0.454 e. The van der Waals surface area contributed by atoms with Gasteiger partial charge in [0.2, 0.25) is 6.79 Å². The van der Waals surface area contributed by atoms with E-state index in [0.717, 1.165) is 11.8 Å². The second kappa shape index (κ2) is 4.79. The summed E-state index contributed by atoms with van der Waals surface area (Å²) < 4.78 is 10.4. The molecule has 0 atom stereocenters. The third-order valence-corrected chi connectivity index (χ3v) is 2.38. The molecule has 1 aliphatic heterocycles. The van der Waals surface area contributed by atoms with Gasteiger partial charge in [0.15, 0.2) is 11.5 Å². The maximum Gasteiger partial charge on any atom is 0.231 e. The van der Waals surface area contributed by atoms with E-state index in [1.165, 1.54) is 0 Å². The Morgan fingerprint density at radius 3 is 2.94 bits per heavy atom. The Morgan fingerprint density at radius 1 is 1.31 bits per heavy atom. The number of hydrogen-bond acceptors (Lipinski definition) is 4. The Morgan fingerprint density at radius 2 is 2.12 bits per heavy atom. The smallest absolute Gasteiger partial charge is 0.231 e. The summed E-state index contributed by atoms with van der Waals surface area (Å²) >= 11 is 0. The van der Waals surface area contributed by atoms with Gasteiger partial charge >= 0.3 is 0 Å². The maximum absolute atomic E-state index is 11.4. The predicted molar refractivity (Wildman–Crippen MR) is 56.6 cm³/mol. The van der Waals surface area contributed by atoms with Crippen molar-refractivity contribution in [3.05, 3.63) is 23.8 Å². The van der Waals surface area contributed by atoms with Gasteiger partial charge in [-0.3, -0.25) is 4.79 Å². The molecule has 0 saturated carbocycles. The molecule has 1 aliphatic rings. The van der Waals surface area contributed by atoms with E-state index in [0.29, 0.717) is 30.8 Å². The first kappa shape index (κ1) is 10.7. The molecule has 0 unspecified atom stereocenters. The van der Waals surface area contributed by atoms with Crippen LogP contribution < -0.4 is 9.47 Å². The van der Waals surface area contributed by atoms with Crippen LogP contribution in [0.3, 0.4) is 0 Å². The quantitative estimate of drug-likeness (QED) is 0.706.